The maximum absolute atomic E-state index is 6.03. The van der Waals surface area contributed by atoms with Gasteiger partial charge in [-0.3, -0.25) is 0 Å². The molecule has 0 spiro atoms. The molecular weight excluding hydrogens is 518 g/mol. The zero-order chi connectivity index (χ0) is 28.3. The molecule has 0 amide bonds. The average Bonchev–Trinajstić information content (AvgIpc) is 3.59. The molecule has 0 aliphatic carbocycles. The molecule has 0 unspecified atom stereocenters. The van der Waals surface area contributed by atoms with Crippen LogP contribution in [0, 0.1) is 6.92 Å². The lowest BCUT2D eigenvalue weighted by Crippen LogP contribution is -1.93. The molecule has 2 N–H and O–H groups in total. The molecule has 7 aromatic rings. The smallest absolute Gasteiger partial charge is 0.140 e. The van der Waals surface area contributed by atoms with Gasteiger partial charge in [-0.25, -0.2) is 4.98 Å². The van der Waals surface area contributed by atoms with E-state index in [4.69, 9.17) is 14.5 Å². The summed E-state index contributed by atoms with van der Waals surface area (Å²) in [6.45, 7) is 2.10. The van der Waals surface area contributed by atoms with Gasteiger partial charge in [0.2, 0.25) is 0 Å². The highest BCUT2D eigenvalue weighted by molar-refractivity contribution is 5.96. The lowest BCUT2D eigenvalue weighted by atomic mass is 10.0. The summed E-state index contributed by atoms with van der Waals surface area (Å²) in [6, 6.07) is 44.3. The molecule has 5 nitrogen and oxygen atoms in total. The highest BCUT2D eigenvalue weighted by atomic mass is 16.5. The van der Waals surface area contributed by atoms with Gasteiger partial charge in [0.05, 0.1) is 5.69 Å². The predicted molar refractivity (Wildman–Crippen MR) is 168 cm³/mol. The number of nitrogens with one attached hydrogen (secondary N) is 2. The summed E-state index contributed by atoms with van der Waals surface area (Å²) in [5.74, 6) is 4.06. The third kappa shape index (κ3) is 5.28. The number of hydrogen-bond donors (Lipinski definition) is 2. The van der Waals surface area contributed by atoms with Gasteiger partial charge in [-0.2, -0.15) is 0 Å². The molecular formula is C37H29N3O2. The highest BCUT2D eigenvalue weighted by Gasteiger charge is 2.19. The molecule has 7 rings (SSSR count). The molecule has 2 aromatic heterocycles. The van der Waals surface area contributed by atoms with Gasteiger partial charge in [0.25, 0.3) is 0 Å². The van der Waals surface area contributed by atoms with Crippen molar-refractivity contribution in [1.82, 2.24) is 15.0 Å². The molecule has 0 atom stereocenters. The van der Waals surface area contributed by atoms with Gasteiger partial charge in [0.15, 0.2) is 0 Å². The molecule has 204 valence electrons. The van der Waals surface area contributed by atoms with Gasteiger partial charge in [-0.05, 0) is 79.2 Å². The minimum atomic E-state index is 0.692. The van der Waals surface area contributed by atoms with E-state index >= 15 is 0 Å². The monoisotopic (exact) mass is 547 g/mol. The standard InChI is InChI=1S/C37H29N3O2/c1-25-35(32-14-8-9-15-33(32)38-25)37-39-34(24-26-16-20-30(21-17-26)41-28-10-4-2-5-11-28)36(40-37)27-18-22-31(23-19-27)42-29-12-6-3-7-13-29/h2-23,38H,24H2,1H3,(H,39,40). The number of benzene rings is 5. The molecule has 0 radical (unpaired) electrons. The first-order valence-corrected chi connectivity index (χ1v) is 14.0. The van der Waals surface area contributed by atoms with Crippen LogP contribution < -0.4 is 9.47 Å². The van der Waals surface area contributed by atoms with Crippen LogP contribution in [0.3, 0.4) is 0 Å². The summed E-state index contributed by atoms with van der Waals surface area (Å²) in [7, 11) is 0. The van der Waals surface area contributed by atoms with E-state index in [9.17, 15) is 0 Å². The van der Waals surface area contributed by atoms with Gasteiger partial charge < -0.3 is 19.4 Å². The van der Waals surface area contributed by atoms with E-state index in [2.05, 4.69) is 59.4 Å². The average molecular weight is 548 g/mol. The normalized spacial score (nSPS) is 11.1. The van der Waals surface area contributed by atoms with E-state index in [1.807, 2.05) is 91.0 Å². The second-order valence-electron chi connectivity index (χ2n) is 10.3. The Balaban J connectivity index is 1.22. The quantitative estimate of drug-likeness (QED) is 0.199. The molecule has 5 aromatic carbocycles. The second kappa shape index (κ2) is 11.1. The first-order chi connectivity index (χ1) is 20.7. The number of aromatic amines is 2. The number of H-pyrrole nitrogens is 2. The number of ether oxygens (including phenoxy) is 2. The summed E-state index contributed by atoms with van der Waals surface area (Å²) < 4.78 is 12.0. The number of para-hydroxylation sites is 3. The maximum atomic E-state index is 6.03. The summed E-state index contributed by atoms with van der Waals surface area (Å²) >= 11 is 0. The molecule has 0 aliphatic heterocycles. The summed E-state index contributed by atoms with van der Waals surface area (Å²) in [6.07, 6.45) is 0.692. The fraction of sp³-hybridized carbons (Fsp3) is 0.0541. The fourth-order valence-electron chi connectivity index (χ4n) is 5.29. The van der Waals surface area contributed by atoms with E-state index in [0.29, 0.717) is 6.42 Å². The first-order valence-electron chi connectivity index (χ1n) is 14.0. The minimum Gasteiger partial charge on any atom is -0.457 e. The summed E-state index contributed by atoms with van der Waals surface area (Å²) in [5, 5.41) is 1.15. The van der Waals surface area contributed by atoms with Crippen LogP contribution in [0.4, 0.5) is 0 Å². The molecule has 0 saturated heterocycles. The van der Waals surface area contributed by atoms with Crippen LogP contribution >= 0.6 is 0 Å². The topological polar surface area (TPSA) is 62.9 Å². The van der Waals surface area contributed by atoms with Crippen molar-refractivity contribution in [2.45, 2.75) is 13.3 Å². The van der Waals surface area contributed by atoms with E-state index in [-0.39, 0.29) is 0 Å². The van der Waals surface area contributed by atoms with Crippen LogP contribution in [0.5, 0.6) is 23.0 Å². The van der Waals surface area contributed by atoms with Gasteiger partial charge in [0, 0.05) is 39.8 Å². The lowest BCUT2D eigenvalue weighted by molar-refractivity contribution is 0.482. The van der Waals surface area contributed by atoms with E-state index in [1.54, 1.807) is 0 Å². The Hall–Kier alpha value is -5.55. The Bertz CT molecular complexity index is 1940. The third-order valence-electron chi connectivity index (χ3n) is 7.30. The number of aryl methyl sites for hydroxylation is 1. The maximum Gasteiger partial charge on any atom is 0.140 e. The van der Waals surface area contributed by atoms with Crippen molar-refractivity contribution in [2.75, 3.05) is 0 Å². The Morgan fingerprint density at radius 1 is 0.571 bits per heavy atom. The zero-order valence-corrected chi connectivity index (χ0v) is 23.2. The van der Waals surface area contributed by atoms with E-state index in [1.165, 1.54) is 0 Å². The van der Waals surface area contributed by atoms with Crippen LogP contribution in [-0.2, 0) is 6.42 Å². The number of imidazole rings is 1. The number of rotatable bonds is 8. The van der Waals surface area contributed by atoms with Crippen molar-refractivity contribution in [1.29, 1.82) is 0 Å². The molecule has 0 fully saturated rings. The SMILES string of the molecule is Cc1[nH]c2ccccc2c1-c1nc(-c2ccc(Oc3ccccc3)cc2)c(Cc2ccc(Oc3ccccc3)cc2)[nH]1. The van der Waals surface area contributed by atoms with Crippen molar-refractivity contribution in [2.24, 2.45) is 0 Å². The van der Waals surface area contributed by atoms with Crippen LogP contribution in [0.25, 0.3) is 33.5 Å². The summed E-state index contributed by atoms with van der Waals surface area (Å²) in [5.41, 5.74) is 7.42. The van der Waals surface area contributed by atoms with Crippen molar-refractivity contribution in [3.63, 3.8) is 0 Å². The molecule has 0 bridgehead atoms. The van der Waals surface area contributed by atoms with E-state index in [0.717, 1.165) is 73.5 Å². The Morgan fingerprint density at radius 2 is 1.12 bits per heavy atom. The molecule has 5 heteroatoms. The Kier molecular flexibility index (Phi) is 6.74. The second-order valence-corrected chi connectivity index (χ2v) is 10.3. The summed E-state index contributed by atoms with van der Waals surface area (Å²) in [4.78, 5) is 12.4. The third-order valence-corrected chi connectivity index (χ3v) is 7.30. The number of aromatic nitrogens is 3. The molecule has 42 heavy (non-hydrogen) atoms. The van der Waals surface area contributed by atoms with Crippen molar-refractivity contribution in [3.05, 3.63) is 150 Å². The van der Waals surface area contributed by atoms with E-state index < -0.39 is 0 Å². The minimum absolute atomic E-state index is 0.692. The zero-order valence-electron chi connectivity index (χ0n) is 23.2. The van der Waals surface area contributed by atoms with Crippen LogP contribution in [0.2, 0.25) is 0 Å². The molecule has 0 aliphatic rings. The van der Waals surface area contributed by atoms with Gasteiger partial charge in [-0.15, -0.1) is 0 Å². The predicted octanol–water partition coefficient (Wildman–Crippen LogP) is 9.71. The van der Waals surface area contributed by atoms with Gasteiger partial charge >= 0.3 is 0 Å². The molecule has 2 heterocycles. The molecule has 0 saturated carbocycles. The van der Waals surface area contributed by atoms with Crippen molar-refractivity contribution in [3.8, 4) is 45.6 Å². The Labute approximate surface area is 244 Å². The Morgan fingerprint density at radius 3 is 1.76 bits per heavy atom. The fourth-order valence-corrected chi connectivity index (χ4v) is 5.29. The number of fused-ring (bicyclic) bond motifs is 1. The number of hydrogen-bond acceptors (Lipinski definition) is 3. The van der Waals surface area contributed by atoms with Crippen molar-refractivity contribution >= 4 is 10.9 Å². The van der Waals surface area contributed by atoms with Crippen LogP contribution in [-0.4, -0.2) is 15.0 Å². The van der Waals surface area contributed by atoms with Crippen LogP contribution in [0.1, 0.15) is 17.0 Å². The van der Waals surface area contributed by atoms with Gasteiger partial charge in [-0.1, -0.05) is 66.7 Å². The first kappa shape index (κ1) is 25.4. The highest BCUT2D eigenvalue weighted by Crippen LogP contribution is 2.35. The van der Waals surface area contributed by atoms with Crippen LogP contribution in [0.15, 0.2) is 133 Å². The van der Waals surface area contributed by atoms with Crippen molar-refractivity contribution < 1.29 is 9.47 Å². The van der Waals surface area contributed by atoms with Gasteiger partial charge in [0.1, 0.15) is 28.8 Å². The lowest BCUT2D eigenvalue weighted by Gasteiger charge is -2.08. The largest absolute Gasteiger partial charge is 0.457 e. The number of nitrogens with zero attached hydrogens (tertiary/aromatic N) is 1.